The highest BCUT2D eigenvalue weighted by Gasteiger charge is 2.28. The van der Waals surface area contributed by atoms with Gasteiger partial charge in [-0.1, -0.05) is 12.8 Å². The molecule has 0 bridgehead atoms. The summed E-state index contributed by atoms with van der Waals surface area (Å²) in [6.07, 6.45) is 5.69. The zero-order valence-electron chi connectivity index (χ0n) is 10.7. The third-order valence-corrected chi connectivity index (χ3v) is 4.82. The minimum Gasteiger partial charge on any atom is -0.326 e. The van der Waals surface area contributed by atoms with Gasteiger partial charge in [0, 0.05) is 17.7 Å². The van der Waals surface area contributed by atoms with Crippen molar-refractivity contribution in [3.05, 3.63) is 29.1 Å². The first-order valence-electron chi connectivity index (χ1n) is 6.91. The second kappa shape index (κ2) is 5.12. The van der Waals surface area contributed by atoms with Crippen molar-refractivity contribution in [3.8, 4) is 0 Å². The lowest BCUT2D eigenvalue weighted by molar-refractivity contribution is -0.116. The fourth-order valence-electron chi connectivity index (χ4n) is 3.14. The molecule has 19 heavy (non-hydrogen) atoms. The zero-order chi connectivity index (χ0) is 13.4. The molecule has 0 saturated heterocycles. The van der Waals surface area contributed by atoms with Crippen LogP contribution in [0.2, 0.25) is 0 Å². The molecule has 0 radical (unpaired) electrons. The predicted molar refractivity (Wildman–Crippen MR) is 73.9 cm³/mol. The van der Waals surface area contributed by atoms with Gasteiger partial charge in [-0.05, 0) is 42.9 Å². The van der Waals surface area contributed by atoms with Gasteiger partial charge in [-0.25, -0.2) is 4.39 Å². The molecule has 1 heterocycles. The molecule has 1 saturated carbocycles. The number of aryl methyl sites for hydroxylation is 1. The van der Waals surface area contributed by atoms with Gasteiger partial charge in [0.2, 0.25) is 5.91 Å². The summed E-state index contributed by atoms with van der Waals surface area (Å²) in [5, 5.41) is 2.47. The molecule has 3 rings (SSSR count). The highest BCUT2D eigenvalue weighted by Crippen LogP contribution is 2.42. The fourth-order valence-corrected chi connectivity index (χ4v) is 3.56. The maximum absolute atomic E-state index is 14.2. The number of hydrogen-bond acceptors (Lipinski definition) is 1. The molecular formula is C15H17ClFNO. The largest absolute Gasteiger partial charge is 0.326 e. The first-order chi connectivity index (χ1) is 9.15. The Bertz CT molecular complexity index is 511. The smallest absolute Gasteiger partial charge is 0.224 e. The lowest BCUT2D eigenvalue weighted by Crippen LogP contribution is -2.20. The first-order valence-corrected chi connectivity index (χ1v) is 7.35. The number of benzene rings is 1. The molecule has 1 amide bonds. The summed E-state index contributed by atoms with van der Waals surface area (Å²) in [6, 6.07) is 3.27. The van der Waals surface area contributed by atoms with Crippen LogP contribution in [-0.2, 0) is 11.2 Å². The molecule has 4 heteroatoms. The quantitative estimate of drug-likeness (QED) is 0.810. The van der Waals surface area contributed by atoms with Crippen molar-refractivity contribution in [2.45, 2.75) is 43.9 Å². The Kier molecular flexibility index (Phi) is 3.48. The Hall–Kier alpha value is -1.09. The van der Waals surface area contributed by atoms with Crippen molar-refractivity contribution in [2.75, 3.05) is 5.32 Å². The average Bonchev–Trinajstić information content (AvgIpc) is 2.91. The zero-order valence-corrected chi connectivity index (χ0v) is 11.5. The summed E-state index contributed by atoms with van der Waals surface area (Å²) in [5.74, 6) is 0.0399. The summed E-state index contributed by atoms with van der Waals surface area (Å²) in [6.45, 7) is 0. The van der Waals surface area contributed by atoms with Crippen molar-refractivity contribution >= 4 is 23.2 Å². The van der Waals surface area contributed by atoms with E-state index in [1.165, 1.54) is 18.9 Å². The summed E-state index contributed by atoms with van der Waals surface area (Å²) < 4.78 is 14.2. The molecule has 1 aliphatic carbocycles. The van der Waals surface area contributed by atoms with Gasteiger partial charge in [-0.2, -0.15) is 0 Å². The topological polar surface area (TPSA) is 29.1 Å². The second-order valence-electron chi connectivity index (χ2n) is 5.53. The normalized spacial score (nSPS) is 21.1. The molecular weight excluding hydrogens is 265 g/mol. The van der Waals surface area contributed by atoms with Gasteiger partial charge >= 0.3 is 0 Å². The van der Waals surface area contributed by atoms with Crippen molar-refractivity contribution in [1.82, 2.24) is 0 Å². The van der Waals surface area contributed by atoms with E-state index in [1.807, 2.05) is 6.07 Å². The molecule has 1 aliphatic heterocycles. The van der Waals surface area contributed by atoms with Crippen LogP contribution in [0.1, 0.15) is 48.6 Å². The average molecular weight is 282 g/mol. The summed E-state index contributed by atoms with van der Waals surface area (Å²) in [7, 11) is 0. The Labute approximate surface area is 117 Å². The lowest BCUT2D eigenvalue weighted by Gasteiger charge is -2.22. The van der Waals surface area contributed by atoms with Crippen LogP contribution < -0.4 is 5.32 Å². The SMILES string of the molecule is O=C1CCc2cc(C(Cl)C3CCCC3)c(F)cc2N1. The van der Waals surface area contributed by atoms with Crippen LogP contribution in [0.25, 0.3) is 0 Å². The van der Waals surface area contributed by atoms with Crippen LogP contribution in [0.4, 0.5) is 10.1 Å². The van der Waals surface area contributed by atoms with E-state index in [9.17, 15) is 9.18 Å². The standard InChI is InChI=1S/C15H17ClFNO/c16-15(9-3-1-2-4-9)11-7-10-5-6-14(19)18-13(10)8-12(11)17/h7-9,15H,1-6H2,(H,18,19). The molecule has 2 aliphatic rings. The lowest BCUT2D eigenvalue weighted by atomic mass is 9.93. The van der Waals surface area contributed by atoms with Crippen molar-refractivity contribution < 1.29 is 9.18 Å². The van der Waals surface area contributed by atoms with E-state index < -0.39 is 0 Å². The van der Waals surface area contributed by atoms with E-state index in [0.717, 1.165) is 18.4 Å². The van der Waals surface area contributed by atoms with E-state index in [1.54, 1.807) is 0 Å². The van der Waals surface area contributed by atoms with E-state index in [0.29, 0.717) is 30.0 Å². The number of carbonyl (C=O) groups is 1. The minimum absolute atomic E-state index is 0.0436. The fraction of sp³-hybridized carbons (Fsp3) is 0.533. The van der Waals surface area contributed by atoms with Gasteiger partial charge in [0.15, 0.2) is 0 Å². The van der Waals surface area contributed by atoms with E-state index in [4.69, 9.17) is 11.6 Å². The Balaban J connectivity index is 1.91. The summed E-state index contributed by atoms with van der Waals surface area (Å²) in [5.41, 5.74) is 2.20. The molecule has 1 atom stereocenters. The maximum Gasteiger partial charge on any atom is 0.224 e. The first kappa shape index (κ1) is 12.9. The van der Waals surface area contributed by atoms with Crippen LogP contribution in [0, 0.1) is 11.7 Å². The molecule has 1 N–H and O–H groups in total. The van der Waals surface area contributed by atoms with Gasteiger partial charge in [-0.3, -0.25) is 4.79 Å². The van der Waals surface area contributed by atoms with E-state index in [2.05, 4.69) is 5.32 Å². The molecule has 2 nitrogen and oxygen atoms in total. The van der Waals surface area contributed by atoms with E-state index in [-0.39, 0.29) is 17.1 Å². The monoisotopic (exact) mass is 281 g/mol. The second-order valence-corrected chi connectivity index (χ2v) is 6.00. The number of hydrogen-bond donors (Lipinski definition) is 1. The molecule has 0 aromatic heterocycles. The van der Waals surface area contributed by atoms with Gasteiger partial charge in [0.25, 0.3) is 0 Å². The molecule has 1 fully saturated rings. The van der Waals surface area contributed by atoms with Crippen LogP contribution in [0.5, 0.6) is 0 Å². The van der Waals surface area contributed by atoms with Gasteiger partial charge in [0.1, 0.15) is 5.82 Å². The summed E-state index contributed by atoms with van der Waals surface area (Å²) in [4.78, 5) is 11.3. The number of anilines is 1. The number of halogens is 2. The van der Waals surface area contributed by atoms with Gasteiger partial charge in [-0.15, -0.1) is 11.6 Å². The molecule has 102 valence electrons. The molecule has 1 aromatic rings. The third kappa shape index (κ3) is 2.48. The Morgan fingerprint density at radius 3 is 2.74 bits per heavy atom. The molecule has 1 unspecified atom stereocenters. The number of nitrogens with one attached hydrogen (secondary N) is 1. The van der Waals surface area contributed by atoms with Gasteiger partial charge in [0.05, 0.1) is 5.38 Å². The third-order valence-electron chi connectivity index (χ3n) is 4.23. The minimum atomic E-state index is -0.298. The number of carbonyl (C=O) groups excluding carboxylic acids is 1. The van der Waals surface area contributed by atoms with Crippen LogP contribution in [-0.4, -0.2) is 5.91 Å². The van der Waals surface area contributed by atoms with E-state index >= 15 is 0 Å². The molecule has 0 spiro atoms. The van der Waals surface area contributed by atoms with Gasteiger partial charge < -0.3 is 5.32 Å². The number of rotatable bonds is 2. The van der Waals surface area contributed by atoms with Crippen molar-refractivity contribution in [1.29, 1.82) is 0 Å². The molecule has 1 aromatic carbocycles. The summed E-state index contributed by atoms with van der Waals surface area (Å²) >= 11 is 6.46. The van der Waals surface area contributed by atoms with Crippen LogP contribution in [0.15, 0.2) is 12.1 Å². The predicted octanol–water partition coefficient (Wildman–Crippen LogP) is 4.18. The highest BCUT2D eigenvalue weighted by atomic mass is 35.5. The highest BCUT2D eigenvalue weighted by molar-refractivity contribution is 6.21. The number of fused-ring (bicyclic) bond motifs is 1. The van der Waals surface area contributed by atoms with Crippen LogP contribution in [0.3, 0.4) is 0 Å². The maximum atomic E-state index is 14.2. The van der Waals surface area contributed by atoms with Crippen molar-refractivity contribution in [2.24, 2.45) is 5.92 Å². The Morgan fingerprint density at radius 1 is 1.26 bits per heavy atom. The number of alkyl halides is 1. The van der Waals surface area contributed by atoms with Crippen molar-refractivity contribution in [3.63, 3.8) is 0 Å². The number of amides is 1. The Morgan fingerprint density at radius 2 is 2.00 bits per heavy atom. The van der Waals surface area contributed by atoms with Crippen LogP contribution >= 0.6 is 11.6 Å².